The van der Waals surface area contributed by atoms with Gasteiger partial charge in [0.05, 0.1) is 0 Å². The summed E-state index contributed by atoms with van der Waals surface area (Å²) in [4.78, 5) is 0. The summed E-state index contributed by atoms with van der Waals surface area (Å²) < 4.78 is 16.0. The molecule has 4 rings (SSSR count). The lowest BCUT2D eigenvalue weighted by atomic mass is 9.87. The van der Waals surface area contributed by atoms with Gasteiger partial charge in [0.25, 0.3) is 0 Å². The van der Waals surface area contributed by atoms with E-state index in [9.17, 15) is 0 Å². The number of hydrogen-bond donors (Lipinski definition) is 0. The first-order valence-electron chi connectivity index (χ1n) is 9.35. The van der Waals surface area contributed by atoms with Gasteiger partial charge in [0.15, 0.2) is 0 Å². The Labute approximate surface area is 200 Å². The zero-order chi connectivity index (χ0) is 22.1. The summed E-state index contributed by atoms with van der Waals surface area (Å²) in [5.41, 5.74) is 4.30. The van der Waals surface area contributed by atoms with E-state index in [1.165, 1.54) is 6.08 Å². The van der Waals surface area contributed by atoms with E-state index >= 15 is 4.39 Å². The molecule has 5 heteroatoms. The van der Waals surface area contributed by atoms with E-state index in [-0.39, 0.29) is 0 Å². The van der Waals surface area contributed by atoms with Crippen molar-refractivity contribution >= 4 is 52.5 Å². The van der Waals surface area contributed by atoms with Crippen molar-refractivity contribution in [2.24, 2.45) is 0 Å². The molecule has 0 aliphatic rings. The maximum atomic E-state index is 16.0. The van der Waals surface area contributed by atoms with Gasteiger partial charge in [-0.3, -0.25) is 0 Å². The molecule has 0 N–H and O–H groups in total. The smallest absolute Gasteiger partial charge is 0.139 e. The average Bonchev–Trinajstić information content (AvgIpc) is 2.75. The first-order chi connectivity index (χ1) is 14.9. The van der Waals surface area contributed by atoms with Crippen molar-refractivity contribution in [1.29, 1.82) is 0 Å². The predicted octanol–water partition coefficient (Wildman–Crippen LogP) is 10.1. The van der Waals surface area contributed by atoms with Gasteiger partial charge in [-0.1, -0.05) is 89.4 Å². The van der Waals surface area contributed by atoms with Crippen LogP contribution >= 0.6 is 46.4 Å². The number of halogens is 5. The van der Waals surface area contributed by atoms with Gasteiger partial charge in [0.1, 0.15) is 5.82 Å². The van der Waals surface area contributed by atoms with Gasteiger partial charge in [-0.05, 0) is 64.7 Å². The standard InChI is InChI=1S/C26H15Cl4F/c1-2-20-23(21-12-11-19(29)13-24(21)30)14-22(15-3-7-17(27)8-4-15)25(26(20)31)16-5-9-18(28)10-6-16/h2-14H,1H2. The molecular formula is C26H15Cl4F. The predicted molar refractivity (Wildman–Crippen MR) is 133 cm³/mol. The molecule has 4 aromatic carbocycles. The number of rotatable bonds is 4. The molecule has 0 aliphatic carbocycles. The Morgan fingerprint density at radius 3 is 1.71 bits per heavy atom. The molecule has 0 unspecified atom stereocenters. The Kier molecular flexibility index (Phi) is 6.41. The van der Waals surface area contributed by atoms with Gasteiger partial charge in [-0.25, -0.2) is 4.39 Å². The Bertz CT molecular complexity index is 1280. The van der Waals surface area contributed by atoms with Crippen LogP contribution in [0.25, 0.3) is 39.5 Å². The average molecular weight is 488 g/mol. The SMILES string of the molecule is C=Cc1c(-c2ccc(Cl)cc2Cl)cc(-c2ccc(Cl)cc2)c(-c2ccc(Cl)cc2)c1F. The summed E-state index contributed by atoms with van der Waals surface area (Å²) in [7, 11) is 0. The Balaban J connectivity index is 2.08. The van der Waals surface area contributed by atoms with Crippen LogP contribution in [-0.4, -0.2) is 0 Å². The van der Waals surface area contributed by atoms with Crippen molar-refractivity contribution in [3.8, 4) is 33.4 Å². The van der Waals surface area contributed by atoms with Crippen molar-refractivity contribution in [3.05, 3.63) is 111 Å². The summed E-state index contributed by atoms with van der Waals surface area (Å²) in [6.45, 7) is 3.84. The van der Waals surface area contributed by atoms with E-state index < -0.39 is 5.82 Å². The first-order valence-corrected chi connectivity index (χ1v) is 10.9. The molecule has 0 saturated carbocycles. The second-order valence-corrected chi connectivity index (χ2v) is 8.63. The van der Waals surface area contributed by atoms with Gasteiger partial charge in [0.2, 0.25) is 0 Å². The normalized spacial score (nSPS) is 10.9. The molecule has 0 aromatic heterocycles. The first kappa shape index (κ1) is 21.9. The highest BCUT2D eigenvalue weighted by atomic mass is 35.5. The van der Waals surface area contributed by atoms with E-state index in [2.05, 4.69) is 6.58 Å². The Morgan fingerprint density at radius 2 is 1.16 bits per heavy atom. The third-order valence-electron chi connectivity index (χ3n) is 5.02. The zero-order valence-electron chi connectivity index (χ0n) is 16.1. The Morgan fingerprint density at radius 1 is 0.613 bits per heavy atom. The van der Waals surface area contributed by atoms with Crippen molar-refractivity contribution in [2.75, 3.05) is 0 Å². The minimum atomic E-state index is -0.397. The lowest BCUT2D eigenvalue weighted by Crippen LogP contribution is -1.98. The molecule has 0 saturated heterocycles. The molecule has 0 heterocycles. The van der Waals surface area contributed by atoms with Gasteiger partial charge in [-0.2, -0.15) is 0 Å². The second-order valence-electron chi connectivity index (χ2n) is 6.92. The van der Waals surface area contributed by atoms with Crippen LogP contribution in [0, 0.1) is 5.82 Å². The largest absolute Gasteiger partial charge is 0.206 e. The fraction of sp³-hybridized carbons (Fsp3) is 0. The summed E-state index contributed by atoms with van der Waals surface area (Å²) in [6, 6.07) is 21.4. The number of benzene rings is 4. The minimum absolute atomic E-state index is 0.354. The van der Waals surface area contributed by atoms with Crippen LogP contribution in [0.3, 0.4) is 0 Å². The van der Waals surface area contributed by atoms with Crippen molar-refractivity contribution in [1.82, 2.24) is 0 Å². The zero-order valence-corrected chi connectivity index (χ0v) is 19.1. The second kappa shape index (κ2) is 9.06. The van der Waals surface area contributed by atoms with Crippen LogP contribution in [0.15, 0.2) is 79.4 Å². The number of hydrogen-bond acceptors (Lipinski definition) is 0. The van der Waals surface area contributed by atoms with Gasteiger partial charge in [0, 0.05) is 36.8 Å². The monoisotopic (exact) mass is 486 g/mol. The van der Waals surface area contributed by atoms with Crippen LogP contribution in [0.5, 0.6) is 0 Å². The molecule has 31 heavy (non-hydrogen) atoms. The molecule has 0 bridgehead atoms. The summed E-state index contributed by atoms with van der Waals surface area (Å²) in [5, 5.41) is 2.10. The molecule has 0 aliphatic heterocycles. The third kappa shape index (κ3) is 4.37. The Hall–Kier alpha value is -2.29. The minimum Gasteiger partial charge on any atom is -0.206 e. The van der Waals surface area contributed by atoms with Gasteiger partial charge < -0.3 is 0 Å². The van der Waals surface area contributed by atoms with Crippen LogP contribution in [-0.2, 0) is 0 Å². The van der Waals surface area contributed by atoms with Crippen molar-refractivity contribution in [3.63, 3.8) is 0 Å². The van der Waals surface area contributed by atoms with Crippen LogP contribution in [0.1, 0.15) is 5.56 Å². The highest BCUT2D eigenvalue weighted by Gasteiger charge is 2.21. The molecule has 0 fully saturated rings. The molecule has 0 nitrogen and oxygen atoms in total. The summed E-state index contributed by atoms with van der Waals surface area (Å²) >= 11 is 24.7. The van der Waals surface area contributed by atoms with E-state index in [1.54, 1.807) is 54.6 Å². The molecule has 0 radical (unpaired) electrons. The van der Waals surface area contributed by atoms with Gasteiger partial charge in [-0.15, -0.1) is 0 Å². The van der Waals surface area contributed by atoms with E-state index in [0.717, 1.165) is 5.56 Å². The maximum Gasteiger partial charge on any atom is 0.139 e. The molecule has 0 spiro atoms. The summed E-state index contributed by atoms with van der Waals surface area (Å²) in [6.07, 6.45) is 1.50. The van der Waals surface area contributed by atoms with Crippen LogP contribution < -0.4 is 0 Å². The molecule has 4 aromatic rings. The van der Waals surface area contributed by atoms with E-state index in [0.29, 0.717) is 53.5 Å². The van der Waals surface area contributed by atoms with E-state index in [4.69, 9.17) is 46.4 Å². The highest BCUT2D eigenvalue weighted by molar-refractivity contribution is 6.36. The van der Waals surface area contributed by atoms with Crippen molar-refractivity contribution in [2.45, 2.75) is 0 Å². The molecule has 0 atom stereocenters. The molecular weight excluding hydrogens is 473 g/mol. The lowest BCUT2D eigenvalue weighted by Gasteiger charge is -2.18. The van der Waals surface area contributed by atoms with E-state index in [1.807, 2.05) is 18.2 Å². The highest BCUT2D eigenvalue weighted by Crippen LogP contribution is 2.43. The van der Waals surface area contributed by atoms with Gasteiger partial charge >= 0.3 is 0 Å². The van der Waals surface area contributed by atoms with Crippen LogP contribution in [0.2, 0.25) is 20.1 Å². The fourth-order valence-electron chi connectivity index (χ4n) is 3.55. The fourth-order valence-corrected chi connectivity index (χ4v) is 4.31. The molecule has 0 amide bonds. The topological polar surface area (TPSA) is 0 Å². The van der Waals surface area contributed by atoms with Crippen molar-refractivity contribution < 1.29 is 4.39 Å². The third-order valence-corrected chi connectivity index (χ3v) is 6.07. The maximum absolute atomic E-state index is 16.0. The molecule has 154 valence electrons. The quantitative estimate of drug-likeness (QED) is 0.268. The summed E-state index contributed by atoms with van der Waals surface area (Å²) in [5.74, 6) is -0.397. The lowest BCUT2D eigenvalue weighted by molar-refractivity contribution is 0.629. The van der Waals surface area contributed by atoms with Crippen LogP contribution in [0.4, 0.5) is 4.39 Å².